The highest BCUT2D eigenvalue weighted by molar-refractivity contribution is 6.04. The number of likely N-dealkylation sites (tertiary alicyclic amines) is 1. The number of phenols is 1. The molecule has 5 heterocycles. The van der Waals surface area contributed by atoms with E-state index in [0.717, 1.165) is 71.2 Å². The summed E-state index contributed by atoms with van der Waals surface area (Å²) >= 11 is 0. The van der Waals surface area contributed by atoms with Gasteiger partial charge in [-0.2, -0.15) is 9.97 Å². The topological polar surface area (TPSA) is 102 Å². The first-order valence-corrected chi connectivity index (χ1v) is 18.0. The van der Waals surface area contributed by atoms with E-state index in [4.69, 9.17) is 35.3 Å². The van der Waals surface area contributed by atoms with E-state index in [0.29, 0.717) is 61.5 Å². The maximum Gasteiger partial charge on any atom is 0.319 e. The average molecular weight is 700 g/mol. The molecule has 8 rings (SSSR count). The third-order valence-corrected chi connectivity index (χ3v) is 11.3. The standard InChI is InChI=1S/C39H43F2N5O5/c1-3-27-29(40)9-8-25-19-26(47)20-28(31(25)27)34-33(41)35-32(37(42-34)48-2)36(45-14-6-16-49-18-15-45)44-38(43-35)51-23-39-11-4-7-30(39)46(13-5-12-39)21-24-10-17-50-22-24/h1,8-9,19-20,24,30,47H,4-7,10-18,21-23H2,2H3. The number of ether oxygens (including phenoxy) is 4. The lowest BCUT2D eigenvalue weighted by molar-refractivity contribution is -0.00804. The maximum absolute atomic E-state index is 17.2. The average Bonchev–Trinajstić information content (AvgIpc) is 3.74. The monoisotopic (exact) mass is 699 g/mol. The van der Waals surface area contributed by atoms with E-state index >= 15 is 8.78 Å². The van der Waals surface area contributed by atoms with E-state index in [-0.39, 0.29) is 50.8 Å². The molecule has 3 unspecified atom stereocenters. The summed E-state index contributed by atoms with van der Waals surface area (Å²) in [6.45, 7) is 6.40. The van der Waals surface area contributed by atoms with Crippen molar-refractivity contribution in [2.45, 2.75) is 51.0 Å². The minimum absolute atomic E-state index is 0.0517. The van der Waals surface area contributed by atoms with Crippen LogP contribution in [-0.4, -0.2) is 97.3 Å². The number of terminal acetylenes is 1. The fraction of sp³-hybridized carbons (Fsp3) is 0.513. The lowest BCUT2D eigenvalue weighted by Gasteiger charge is -2.46. The van der Waals surface area contributed by atoms with Crippen molar-refractivity contribution in [3.63, 3.8) is 0 Å². The number of hydrogen-bond donors (Lipinski definition) is 1. The second-order valence-electron chi connectivity index (χ2n) is 14.3. The zero-order valence-corrected chi connectivity index (χ0v) is 28.9. The number of phenolic OH excluding ortho intramolecular Hbond substituents is 1. The molecule has 1 aliphatic carbocycles. The van der Waals surface area contributed by atoms with Gasteiger partial charge in [0.2, 0.25) is 5.88 Å². The highest BCUT2D eigenvalue weighted by atomic mass is 19.1. The predicted octanol–water partition coefficient (Wildman–Crippen LogP) is 6.10. The molecule has 0 bridgehead atoms. The molecule has 4 aliphatic rings. The third-order valence-electron chi connectivity index (χ3n) is 11.3. The Labute approximate surface area is 296 Å². The lowest BCUT2D eigenvalue weighted by Crippen LogP contribution is -2.53. The number of benzene rings is 2. The molecule has 1 N–H and O–H groups in total. The van der Waals surface area contributed by atoms with Crippen molar-refractivity contribution in [2.24, 2.45) is 11.3 Å². The Hall–Kier alpha value is -4.31. The van der Waals surface area contributed by atoms with Crippen molar-refractivity contribution in [3.05, 3.63) is 41.5 Å². The van der Waals surface area contributed by atoms with Gasteiger partial charge in [-0.05, 0) is 74.6 Å². The number of rotatable bonds is 8. The number of piperidine rings is 1. The summed E-state index contributed by atoms with van der Waals surface area (Å²) in [4.78, 5) is 18.9. The fourth-order valence-electron chi connectivity index (χ4n) is 8.93. The number of methoxy groups -OCH3 is 1. The number of aromatic nitrogens is 3. The molecule has 3 atom stereocenters. The van der Waals surface area contributed by atoms with E-state index in [1.165, 1.54) is 31.4 Å². The van der Waals surface area contributed by atoms with Gasteiger partial charge in [-0.25, -0.2) is 13.8 Å². The zero-order valence-electron chi connectivity index (χ0n) is 28.9. The van der Waals surface area contributed by atoms with Crippen molar-refractivity contribution in [3.8, 4) is 41.2 Å². The van der Waals surface area contributed by atoms with Crippen molar-refractivity contribution in [1.82, 2.24) is 19.9 Å². The van der Waals surface area contributed by atoms with Gasteiger partial charge in [-0.3, -0.25) is 4.90 Å². The Balaban J connectivity index is 1.24. The summed E-state index contributed by atoms with van der Waals surface area (Å²) in [5, 5.41) is 11.7. The van der Waals surface area contributed by atoms with Gasteiger partial charge in [0, 0.05) is 55.3 Å². The Bertz CT molecular complexity index is 1990. The van der Waals surface area contributed by atoms with Crippen LogP contribution < -0.4 is 14.4 Å². The Kier molecular flexibility index (Phi) is 9.29. The third kappa shape index (κ3) is 6.19. The largest absolute Gasteiger partial charge is 0.508 e. The molecule has 0 amide bonds. The summed E-state index contributed by atoms with van der Waals surface area (Å²) in [6, 6.07) is 5.96. The van der Waals surface area contributed by atoms with E-state index in [2.05, 4.69) is 15.8 Å². The molecule has 51 heavy (non-hydrogen) atoms. The van der Waals surface area contributed by atoms with E-state index in [1.54, 1.807) is 0 Å². The predicted molar refractivity (Wildman–Crippen MR) is 189 cm³/mol. The molecule has 0 radical (unpaired) electrons. The second-order valence-corrected chi connectivity index (χ2v) is 14.3. The molecule has 3 saturated heterocycles. The first kappa shape index (κ1) is 33.8. The molecule has 10 nitrogen and oxygen atoms in total. The molecular weight excluding hydrogens is 656 g/mol. The van der Waals surface area contributed by atoms with Gasteiger partial charge in [0.15, 0.2) is 5.82 Å². The number of aromatic hydroxyl groups is 1. The van der Waals surface area contributed by atoms with Crippen LogP contribution in [0.25, 0.3) is 32.9 Å². The van der Waals surface area contributed by atoms with Crippen LogP contribution in [0, 0.1) is 35.3 Å². The lowest BCUT2D eigenvalue weighted by atomic mass is 9.75. The summed E-state index contributed by atoms with van der Waals surface area (Å²) in [6.07, 6.45) is 13.0. The van der Waals surface area contributed by atoms with Gasteiger partial charge in [0.05, 0.1) is 32.5 Å². The number of anilines is 1. The SMILES string of the molecule is C#Cc1c(F)ccc2cc(O)cc(-c3nc(OC)c4c(N5CCCOCC5)nc(OCC56CCCC5N(CC5CCOC5)CCC6)nc4c3F)c12. The van der Waals surface area contributed by atoms with Crippen molar-refractivity contribution >= 4 is 27.5 Å². The Morgan fingerprint density at radius 1 is 1.00 bits per heavy atom. The summed E-state index contributed by atoms with van der Waals surface area (Å²) in [5.41, 5.74) is -0.243. The van der Waals surface area contributed by atoms with Crippen LogP contribution >= 0.6 is 0 Å². The van der Waals surface area contributed by atoms with E-state index in [9.17, 15) is 5.11 Å². The highest BCUT2D eigenvalue weighted by Gasteiger charge is 2.49. The molecule has 4 aromatic rings. The first-order chi connectivity index (χ1) is 24.9. The van der Waals surface area contributed by atoms with Crippen LogP contribution in [0.3, 0.4) is 0 Å². The number of fused-ring (bicyclic) bond motifs is 3. The number of hydrogen-bond acceptors (Lipinski definition) is 10. The molecule has 1 saturated carbocycles. The molecule has 2 aromatic heterocycles. The molecule has 4 fully saturated rings. The molecule has 3 aliphatic heterocycles. The van der Waals surface area contributed by atoms with Gasteiger partial charge in [0.25, 0.3) is 0 Å². The quantitative estimate of drug-likeness (QED) is 0.217. The van der Waals surface area contributed by atoms with Gasteiger partial charge >= 0.3 is 6.01 Å². The first-order valence-electron chi connectivity index (χ1n) is 18.0. The fourth-order valence-corrected chi connectivity index (χ4v) is 8.93. The van der Waals surface area contributed by atoms with Gasteiger partial charge in [0.1, 0.15) is 34.0 Å². The maximum atomic E-state index is 17.2. The number of nitrogens with zero attached hydrogens (tertiary/aromatic N) is 5. The smallest absolute Gasteiger partial charge is 0.319 e. The van der Waals surface area contributed by atoms with Crippen LogP contribution in [0.1, 0.15) is 50.5 Å². The molecule has 268 valence electrons. The van der Waals surface area contributed by atoms with Crippen molar-refractivity contribution in [1.29, 1.82) is 0 Å². The summed E-state index contributed by atoms with van der Waals surface area (Å²) < 4.78 is 56.0. The number of halogens is 2. The molecule has 2 aromatic carbocycles. The van der Waals surface area contributed by atoms with Crippen LogP contribution in [0.15, 0.2) is 24.3 Å². The highest BCUT2D eigenvalue weighted by Crippen LogP contribution is 2.49. The van der Waals surface area contributed by atoms with Crippen LogP contribution in [0.5, 0.6) is 17.6 Å². The number of pyridine rings is 1. The van der Waals surface area contributed by atoms with Crippen molar-refractivity contribution < 1.29 is 32.8 Å². The van der Waals surface area contributed by atoms with E-state index < -0.39 is 11.6 Å². The molecular formula is C39H43F2N5O5. The zero-order chi connectivity index (χ0) is 35.1. The normalized spacial score (nSPS) is 24.1. The van der Waals surface area contributed by atoms with Crippen LogP contribution in [0.2, 0.25) is 0 Å². The summed E-state index contributed by atoms with van der Waals surface area (Å²) in [5.74, 6) is 1.89. The minimum Gasteiger partial charge on any atom is -0.508 e. The van der Waals surface area contributed by atoms with Gasteiger partial charge in [-0.1, -0.05) is 18.4 Å². The van der Waals surface area contributed by atoms with E-state index in [1.807, 2.05) is 4.90 Å². The Morgan fingerprint density at radius 3 is 2.71 bits per heavy atom. The van der Waals surface area contributed by atoms with Gasteiger partial charge in [-0.15, -0.1) is 6.42 Å². The second kappa shape index (κ2) is 14.0. The summed E-state index contributed by atoms with van der Waals surface area (Å²) in [7, 11) is 1.45. The van der Waals surface area contributed by atoms with Crippen LogP contribution in [-0.2, 0) is 9.47 Å². The van der Waals surface area contributed by atoms with Crippen molar-refractivity contribution in [2.75, 3.05) is 71.2 Å². The van der Waals surface area contributed by atoms with Gasteiger partial charge < -0.3 is 29.0 Å². The Morgan fingerprint density at radius 2 is 1.88 bits per heavy atom. The molecule has 12 heteroatoms. The molecule has 0 spiro atoms. The van der Waals surface area contributed by atoms with Crippen LogP contribution in [0.4, 0.5) is 14.6 Å². The minimum atomic E-state index is -0.788.